The standard InChI is InChI=1S/C19H16N4OS2/c1-12-21-16-6-5-14(8-17(16)26-12)22-18(24)9-15-11-25-19(23-15)10-13-4-2-3-7-20-13/h2-8,11H,9-10H2,1H3,(H,22,24). The molecule has 1 aromatic carbocycles. The van der Waals surface area contributed by atoms with Crippen LogP contribution in [0.25, 0.3) is 10.2 Å². The van der Waals surface area contributed by atoms with E-state index in [1.807, 2.05) is 48.7 Å². The first-order valence-corrected chi connectivity index (χ1v) is 9.85. The van der Waals surface area contributed by atoms with E-state index >= 15 is 0 Å². The molecule has 5 nitrogen and oxygen atoms in total. The van der Waals surface area contributed by atoms with E-state index in [-0.39, 0.29) is 12.3 Å². The minimum Gasteiger partial charge on any atom is -0.326 e. The van der Waals surface area contributed by atoms with E-state index in [9.17, 15) is 4.79 Å². The lowest BCUT2D eigenvalue weighted by Crippen LogP contribution is -2.14. The number of rotatable bonds is 5. The van der Waals surface area contributed by atoms with Crippen molar-refractivity contribution in [1.29, 1.82) is 0 Å². The maximum absolute atomic E-state index is 12.3. The number of thiazole rings is 2. The van der Waals surface area contributed by atoms with Gasteiger partial charge in [-0.3, -0.25) is 9.78 Å². The molecule has 0 spiro atoms. The highest BCUT2D eigenvalue weighted by Crippen LogP contribution is 2.25. The number of carbonyl (C=O) groups excluding carboxylic acids is 1. The Labute approximate surface area is 158 Å². The van der Waals surface area contributed by atoms with Crippen molar-refractivity contribution < 1.29 is 4.79 Å². The Morgan fingerprint density at radius 1 is 1.15 bits per heavy atom. The maximum Gasteiger partial charge on any atom is 0.230 e. The van der Waals surface area contributed by atoms with Crippen molar-refractivity contribution in [3.63, 3.8) is 0 Å². The Morgan fingerprint density at radius 3 is 2.92 bits per heavy atom. The van der Waals surface area contributed by atoms with Gasteiger partial charge in [0.1, 0.15) is 0 Å². The predicted octanol–water partition coefficient (Wildman–Crippen LogP) is 4.23. The number of pyridine rings is 1. The smallest absolute Gasteiger partial charge is 0.230 e. The Morgan fingerprint density at radius 2 is 2.08 bits per heavy atom. The molecule has 7 heteroatoms. The molecule has 3 aromatic heterocycles. The van der Waals surface area contributed by atoms with Gasteiger partial charge in [-0.25, -0.2) is 9.97 Å². The van der Waals surface area contributed by atoms with Gasteiger partial charge >= 0.3 is 0 Å². The number of anilines is 1. The van der Waals surface area contributed by atoms with Crippen LogP contribution in [0.4, 0.5) is 5.69 Å². The van der Waals surface area contributed by atoms with Crippen LogP contribution >= 0.6 is 22.7 Å². The van der Waals surface area contributed by atoms with Gasteiger partial charge in [-0.1, -0.05) is 6.07 Å². The summed E-state index contributed by atoms with van der Waals surface area (Å²) in [5.74, 6) is -0.0692. The summed E-state index contributed by atoms with van der Waals surface area (Å²) in [6.45, 7) is 1.98. The molecule has 0 radical (unpaired) electrons. The van der Waals surface area contributed by atoms with Gasteiger partial charge in [0, 0.05) is 29.4 Å². The van der Waals surface area contributed by atoms with Gasteiger partial charge in [0.05, 0.1) is 32.3 Å². The van der Waals surface area contributed by atoms with Crippen LogP contribution in [0.5, 0.6) is 0 Å². The minimum absolute atomic E-state index is 0.0692. The van der Waals surface area contributed by atoms with Crippen molar-refractivity contribution in [2.75, 3.05) is 5.32 Å². The first kappa shape index (κ1) is 16.8. The second kappa shape index (κ2) is 7.31. The van der Waals surface area contributed by atoms with E-state index < -0.39 is 0 Å². The van der Waals surface area contributed by atoms with Gasteiger partial charge in [-0.05, 0) is 37.3 Å². The van der Waals surface area contributed by atoms with Crippen molar-refractivity contribution in [2.24, 2.45) is 0 Å². The van der Waals surface area contributed by atoms with Crippen LogP contribution in [0.3, 0.4) is 0 Å². The van der Waals surface area contributed by atoms with Crippen LogP contribution in [-0.2, 0) is 17.6 Å². The zero-order chi connectivity index (χ0) is 17.9. The molecule has 130 valence electrons. The number of fused-ring (bicyclic) bond motifs is 1. The van der Waals surface area contributed by atoms with Crippen molar-refractivity contribution in [3.8, 4) is 0 Å². The summed E-state index contributed by atoms with van der Waals surface area (Å²) in [6.07, 6.45) is 2.73. The molecule has 1 N–H and O–H groups in total. The molecule has 3 heterocycles. The molecule has 0 aliphatic heterocycles. The molecule has 0 fully saturated rings. The number of hydrogen-bond acceptors (Lipinski definition) is 6. The SMILES string of the molecule is Cc1nc2ccc(NC(=O)Cc3csc(Cc4ccccn4)n3)cc2s1. The monoisotopic (exact) mass is 380 g/mol. The zero-order valence-electron chi connectivity index (χ0n) is 14.1. The molecule has 0 saturated heterocycles. The first-order valence-electron chi connectivity index (χ1n) is 8.16. The molecule has 0 aliphatic carbocycles. The molecular formula is C19H16N4OS2. The van der Waals surface area contributed by atoms with Gasteiger partial charge in [0.2, 0.25) is 5.91 Å². The van der Waals surface area contributed by atoms with Crippen LogP contribution in [0.2, 0.25) is 0 Å². The number of nitrogens with zero attached hydrogens (tertiary/aromatic N) is 3. The number of carbonyl (C=O) groups is 1. The number of nitrogens with one attached hydrogen (secondary N) is 1. The fourth-order valence-corrected chi connectivity index (χ4v) is 4.33. The fourth-order valence-electron chi connectivity index (χ4n) is 2.66. The van der Waals surface area contributed by atoms with Gasteiger partial charge in [-0.15, -0.1) is 22.7 Å². The summed E-state index contributed by atoms with van der Waals surface area (Å²) in [5.41, 5.74) is 3.51. The highest BCUT2D eigenvalue weighted by atomic mass is 32.1. The van der Waals surface area contributed by atoms with E-state index in [4.69, 9.17) is 0 Å². The second-order valence-corrected chi connectivity index (χ2v) is 8.05. The Hall–Kier alpha value is -2.64. The lowest BCUT2D eigenvalue weighted by Gasteiger charge is -2.03. The normalized spacial score (nSPS) is 11.0. The summed E-state index contributed by atoms with van der Waals surface area (Å²) in [7, 11) is 0. The van der Waals surface area contributed by atoms with Crippen LogP contribution in [0.15, 0.2) is 48.0 Å². The average Bonchev–Trinajstić information content (AvgIpc) is 3.20. The summed E-state index contributed by atoms with van der Waals surface area (Å²) in [6, 6.07) is 11.6. The molecule has 0 aliphatic rings. The van der Waals surface area contributed by atoms with E-state index in [1.165, 1.54) is 0 Å². The van der Waals surface area contributed by atoms with Crippen molar-refractivity contribution in [2.45, 2.75) is 19.8 Å². The lowest BCUT2D eigenvalue weighted by molar-refractivity contribution is -0.115. The molecule has 0 saturated carbocycles. The van der Waals surface area contributed by atoms with Crippen molar-refractivity contribution >= 4 is 44.5 Å². The molecular weight excluding hydrogens is 364 g/mol. The van der Waals surface area contributed by atoms with E-state index in [0.29, 0.717) is 6.42 Å². The summed E-state index contributed by atoms with van der Waals surface area (Å²) < 4.78 is 1.08. The number of aryl methyl sites for hydroxylation is 1. The third kappa shape index (κ3) is 3.95. The van der Waals surface area contributed by atoms with E-state index in [2.05, 4.69) is 20.3 Å². The quantitative estimate of drug-likeness (QED) is 0.563. The average molecular weight is 380 g/mol. The van der Waals surface area contributed by atoms with Gasteiger partial charge in [0.25, 0.3) is 0 Å². The maximum atomic E-state index is 12.3. The number of aromatic nitrogens is 3. The number of hydrogen-bond donors (Lipinski definition) is 1. The molecule has 4 aromatic rings. The molecule has 1 amide bonds. The van der Waals surface area contributed by atoms with E-state index in [0.717, 1.165) is 37.3 Å². The fraction of sp³-hybridized carbons (Fsp3) is 0.158. The topological polar surface area (TPSA) is 67.8 Å². The Bertz CT molecular complexity index is 1060. The second-order valence-electron chi connectivity index (χ2n) is 5.87. The van der Waals surface area contributed by atoms with Crippen LogP contribution in [0.1, 0.15) is 21.4 Å². The van der Waals surface area contributed by atoms with E-state index in [1.54, 1.807) is 28.9 Å². The lowest BCUT2D eigenvalue weighted by atomic mass is 10.2. The van der Waals surface area contributed by atoms with Crippen LogP contribution in [-0.4, -0.2) is 20.9 Å². The van der Waals surface area contributed by atoms with Crippen molar-refractivity contribution in [3.05, 3.63) is 69.4 Å². The van der Waals surface area contributed by atoms with Crippen LogP contribution < -0.4 is 5.32 Å². The third-order valence-electron chi connectivity index (χ3n) is 3.78. The molecule has 0 atom stereocenters. The Kier molecular flexibility index (Phi) is 4.73. The largest absolute Gasteiger partial charge is 0.326 e. The van der Waals surface area contributed by atoms with Crippen molar-refractivity contribution in [1.82, 2.24) is 15.0 Å². The molecule has 26 heavy (non-hydrogen) atoms. The molecule has 4 rings (SSSR count). The first-order chi connectivity index (χ1) is 12.7. The Balaban J connectivity index is 1.39. The van der Waals surface area contributed by atoms with Gasteiger partial charge in [0.15, 0.2) is 0 Å². The summed E-state index contributed by atoms with van der Waals surface area (Å²) >= 11 is 3.18. The molecule has 0 bridgehead atoms. The molecule has 0 unspecified atom stereocenters. The van der Waals surface area contributed by atoms with Crippen LogP contribution in [0, 0.1) is 6.92 Å². The summed E-state index contributed by atoms with van der Waals surface area (Å²) in [4.78, 5) is 25.6. The highest BCUT2D eigenvalue weighted by Gasteiger charge is 2.10. The number of amides is 1. The third-order valence-corrected chi connectivity index (χ3v) is 5.61. The zero-order valence-corrected chi connectivity index (χ0v) is 15.7. The highest BCUT2D eigenvalue weighted by molar-refractivity contribution is 7.18. The number of benzene rings is 1. The minimum atomic E-state index is -0.0692. The summed E-state index contributed by atoms with van der Waals surface area (Å²) in [5, 5.41) is 6.87. The van der Waals surface area contributed by atoms with Gasteiger partial charge in [-0.2, -0.15) is 0 Å². The van der Waals surface area contributed by atoms with Gasteiger partial charge < -0.3 is 5.32 Å². The predicted molar refractivity (Wildman–Crippen MR) is 106 cm³/mol.